The predicted octanol–water partition coefficient (Wildman–Crippen LogP) is 2.02. The Kier molecular flexibility index (Phi) is 2.45. The number of hydrogen-bond donors (Lipinski definition) is 1. The first kappa shape index (κ1) is 11.7. The van der Waals surface area contributed by atoms with Gasteiger partial charge in [-0.05, 0) is 42.0 Å². The molecule has 0 atom stereocenters. The van der Waals surface area contributed by atoms with Crippen molar-refractivity contribution >= 4 is 0 Å². The minimum atomic E-state index is 0.164. The summed E-state index contributed by atoms with van der Waals surface area (Å²) in [6.45, 7) is 3.28. The van der Waals surface area contributed by atoms with Gasteiger partial charge in [-0.2, -0.15) is 0 Å². The van der Waals surface area contributed by atoms with Crippen LogP contribution in [-0.2, 0) is 16.6 Å². The highest BCUT2D eigenvalue weighted by Crippen LogP contribution is 2.58. The van der Waals surface area contributed by atoms with E-state index in [0.717, 1.165) is 38.5 Å². The molecule has 0 unspecified atom stereocenters. The van der Waals surface area contributed by atoms with Gasteiger partial charge in [0.05, 0.1) is 19.8 Å². The second-order valence-corrected chi connectivity index (χ2v) is 6.33. The summed E-state index contributed by atoms with van der Waals surface area (Å²) in [5, 5.41) is 0. The molecule has 0 spiro atoms. The molecule has 1 aromatic rings. The van der Waals surface area contributed by atoms with Gasteiger partial charge in [0.1, 0.15) is 5.75 Å². The number of rotatable bonds is 3. The molecule has 1 aliphatic carbocycles. The number of nitrogens with two attached hydrogens (primary N) is 1. The molecule has 2 heterocycles. The molecule has 3 aliphatic rings. The highest BCUT2D eigenvalue weighted by Gasteiger charge is 2.58. The van der Waals surface area contributed by atoms with Crippen molar-refractivity contribution in [1.29, 1.82) is 0 Å². The third-order valence-corrected chi connectivity index (χ3v) is 5.66. The van der Waals surface area contributed by atoms with Gasteiger partial charge in [0.2, 0.25) is 0 Å². The SMILES string of the molecule is NCC1(C2(c3ccc4c(c3)CCO4)COC2)CCC1. The smallest absolute Gasteiger partial charge is 0.122 e. The van der Waals surface area contributed by atoms with Crippen molar-refractivity contribution in [2.45, 2.75) is 31.1 Å². The lowest BCUT2D eigenvalue weighted by Gasteiger charge is -2.60. The molecular weight excluding hydrogens is 238 g/mol. The van der Waals surface area contributed by atoms with E-state index in [4.69, 9.17) is 15.2 Å². The minimum Gasteiger partial charge on any atom is -0.493 e. The third kappa shape index (κ3) is 1.40. The summed E-state index contributed by atoms with van der Waals surface area (Å²) in [7, 11) is 0. The van der Waals surface area contributed by atoms with Crippen LogP contribution >= 0.6 is 0 Å². The summed E-state index contributed by atoms with van der Waals surface area (Å²) >= 11 is 0. The van der Waals surface area contributed by atoms with Crippen LogP contribution in [0.1, 0.15) is 30.4 Å². The Morgan fingerprint density at radius 2 is 2.05 bits per heavy atom. The van der Waals surface area contributed by atoms with Gasteiger partial charge in [0.15, 0.2) is 0 Å². The van der Waals surface area contributed by atoms with Crippen molar-refractivity contribution in [3.05, 3.63) is 29.3 Å². The van der Waals surface area contributed by atoms with Crippen LogP contribution in [0.3, 0.4) is 0 Å². The van der Waals surface area contributed by atoms with Crippen molar-refractivity contribution in [2.75, 3.05) is 26.4 Å². The normalized spacial score (nSPS) is 25.9. The van der Waals surface area contributed by atoms with Gasteiger partial charge < -0.3 is 15.2 Å². The lowest BCUT2D eigenvalue weighted by Crippen LogP contribution is -2.64. The zero-order chi connectivity index (χ0) is 12.9. The van der Waals surface area contributed by atoms with Crippen molar-refractivity contribution in [3.63, 3.8) is 0 Å². The summed E-state index contributed by atoms with van der Waals surface area (Å²) in [5.41, 5.74) is 9.36. The Morgan fingerprint density at radius 1 is 1.21 bits per heavy atom. The third-order valence-electron chi connectivity index (χ3n) is 5.66. The Morgan fingerprint density at radius 3 is 2.63 bits per heavy atom. The van der Waals surface area contributed by atoms with Crippen LogP contribution in [0.2, 0.25) is 0 Å². The van der Waals surface area contributed by atoms with Crippen molar-refractivity contribution in [2.24, 2.45) is 11.1 Å². The summed E-state index contributed by atoms with van der Waals surface area (Å²) in [5.74, 6) is 1.06. The zero-order valence-electron chi connectivity index (χ0n) is 11.3. The van der Waals surface area contributed by atoms with E-state index in [1.807, 2.05) is 0 Å². The fourth-order valence-electron chi connectivity index (χ4n) is 4.05. The van der Waals surface area contributed by atoms with Crippen LogP contribution in [0, 0.1) is 5.41 Å². The number of fused-ring (bicyclic) bond motifs is 1. The molecule has 2 fully saturated rings. The Balaban J connectivity index is 1.76. The average Bonchev–Trinajstić information content (AvgIpc) is 2.78. The quantitative estimate of drug-likeness (QED) is 0.903. The van der Waals surface area contributed by atoms with E-state index < -0.39 is 0 Å². The monoisotopic (exact) mass is 259 g/mol. The van der Waals surface area contributed by atoms with Crippen LogP contribution in [0.4, 0.5) is 0 Å². The van der Waals surface area contributed by atoms with E-state index >= 15 is 0 Å². The summed E-state index contributed by atoms with van der Waals surface area (Å²) in [4.78, 5) is 0. The lowest BCUT2D eigenvalue weighted by molar-refractivity contribution is -0.154. The van der Waals surface area contributed by atoms with Crippen molar-refractivity contribution in [1.82, 2.24) is 0 Å². The van der Waals surface area contributed by atoms with Crippen LogP contribution in [0.25, 0.3) is 0 Å². The second-order valence-electron chi connectivity index (χ2n) is 6.33. The lowest BCUT2D eigenvalue weighted by atomic mass is 9.49. The van der Waals surface area contributed by atoms with Gasteiger partial charge in [-0.1, -0.05) is 18.6 Å². The number of hydrogen-bond acceptors (Lipinski definition) is 3. The van der Waals surface area contributed by atoms with E-state index in [0.29, 0.717) is 0 Å². The molecular formula is C16H21NO2. The van der Waals surface area contributed by atoms with Crippen molar-refractivity contribution in [3.8, 4) is 5.75 Å². The molecule has 1 aromatic carbocycles. The number of ether oxygens (including phenoxy) is 2. The highest BCUT2D eigenvalue weighted by molar-refractivity contribution is 5.44. The van der Waals surface area contributed by atoms with Crippen LogP contribution in [0.15, 0.2) is 18.2 Å². The van der Waals surface area contributed by atoms with Crippen LogP contribution < -0.4 is 10.5 Å². The predicted molar refractivity (Wildman–Crippen MR) is 73.5 cm³/mol. The first-order chi connectivity index (χ1) is 9.30. The molecule has 3 nitrogen and oxygen atoms in total. The fraction of sp³-hybridized carbons (Fsp3) is 0.625. The molecule has 19 heavy (non-hydrogen) atoms. The van der Waals surface area contributed by atoms with E-state index in [1.165, 1.54) is 30.4 Å². The Bertz CT molecular complexity index is 498. The molecule has 2 aliphatic heterocycles. The minimum absolute atomic E-state index is 0.164. The topological polar surface area (TPSA) is 44.5 Å². The maximum Gasteiger partial charge on any atom is 0.122 e. The van der Waals surface area contributed by atoms with Crippen molar-refractivity contribution < 1.29 is 9.47 Å². The molecule has 3 heteroatoms. The van der Waals surface area contributed by atoms with Gasteiger partial charge in [-0.3, -0.25) is 0 Å². The first-order valence-corrected chi connectivity index (χ1v) is 7.34. The standard InChI is InChI=1S/C16H21NO2/c17-9-15(5-1-6-15)16(10-18-11-16)13-2-3-14-12(8-13)4-7-19-14/h2-3,8H,1,4-7,9-11,17H2. The van der Waals surface area contributed by atoms with Gasteiger partial charge in [-0.15, -0.1) is 0 Å². The molecule has 1 saturated heterocycles. The van der Waals surface area contributed by atoms with E-state index in [-0.39, 0.29) is 10.8 Å². The molecule has 0 radical (unpaired) electrons. The Hall–Kier alpha value is -1.06. The zero-order valence-corrected chi connectivity index (χ0v) is 11.3. The fourth-order valence-corrected chi connectivity index (χ4v) is 4.05. The highest BCUT2D eigenvalue weighted by atomic mass is 16.5. The van der Waals surface area contributed by atoms with Gasteiger partial charge in [-0.25, -0.2) is 0 Å². The summed E-state index contributed by atoms with van der Waals surface area (Å²) in [6.07, 6.45) is 4.85. The van der Waals surface area contributed by atoms with Crippen LogP contribution in [-0.4, -0.2) is 26.4 Å². The van der Waals surface area contributed by atoms with E-state index in [9.17, 15) is 0 Å². The summed E-state index contributed by atoms with van der Waals surface area (Å²) in [6, 6.07) is 6.73. The number of benzene rings is 1. The van der Waals surface area contributed by atoms with Gasteiger partial charge in [0.25, 0.3) is 0 Å². The molecule has 2 N–H and O–H groups in total. The summed E-state index contributed by atoms with van der Waals surface area (Å²) < 4.78 is 11.2. The first-order valence-electron chi connectivity index (χ1n) is 7.34. The molecule has 0 bridgehead atoms. The van der Waals surface area contributed by atoms with Crippen LogP contribution in [0.5, 0.6) is 5.75 Å². The van der Waals surface area contributed by atoms with Gasteiger partial charge in [0, 0.05) is 11.8 Å². The molecule has 4 rings (SSSR count). The van der Waals surface area contributed by atoms with Gasteiger partial charge >= 0.3 is 0 Å². The maximum atomic E-state index is 6.13. The molecule has 0 aromatic heterocycles. The largest absolute Gasteiger partial charge is 0.493 e. The van der Waals surface area contributed by atoms with E-state index in [1.54, 1.807) is 0 Å². The second kappa shape index (κ2) is 3.97. The molecule has 102 valence electrons. The molecule has 1 saturated carbocycles. The average molecular weight is 259 g/mol. The van der Waals surface area contributed by atoms with E-state index in [2.05, 4.69) is 18.2 Å². The Labute approximate surface area is 114 Å². The molecule has 0 amide bonds. The maximum absolute atomic E-state index is 6.13.